The number of carbonyl (C=O) groups is 3. The molecule has 0 aliphatic carbocycles. The molecule has 0 aliphatic heterocycles. The van der Waals surface area contributed by atoms with Crippen LogP contribution in [0.4, 0.5) is 0 Å². The zero-order valence-corrected chi connectivity index (χ0v) is 44.8. The second-order valence-electron chi connectivity index (χ2n) is 17.6. The van der Waals surface area contributed by atoms with Gasteiger partial charge in [0.2, 0.25) is 0 Å². The van der Waals surface area contributed by atoms with E-state index in [0.717, 1.165) is 109 Å². The van der Waals surface area contributed by atoms with Gasteiger partial charge < -0.3 is 24.2 Å². The van der Waals surface area contributed by atoms with Crippen molar-refractivity contribution >= 4 is 25.7 Å². The van der Waals surface area contributed by atoms with Crippen LogP contribution in [0.15, 0.2) is 97.2 Å². The van der Waals surface area contributed by atoms with Crippen LogP contribution in [0.5, 0.6) is 0 Å². The van der Waals surface area contributed by atoms with E-state index >= 15 is 0 Å². The van der Waals surface area contributed by atoms with Gasteiger partial charge in [0.1, 0.15) is 12.7 Å². The number of carbonyl (C=O) groups excluding carboxylic acids is 3. The molecule has 3 atom stereocenters. The number of phosphoric acid groups is 1. The lowest BCUT2D eigenvalue weighted by molar-refractivity contribution is -0.161. The second kappa shape index (κ2) is 51.7. The quantitative estimate of drug-likeness (QED) is 0.0197. The van der Waals surface area contributed by atoms with Crippen LogP contribution < -0.4 is 0 Å². The normalized spacial score (nSPS) is 14.2. The van der Waals surface area contributed by atoms with Gasteiger partial charge in [0, 0.05) is 19.3 Å². The Bertz CT molecular complexity index is 1540. The van der Waals surface area contributed by atoms with Crippen LogP contribution in [-0.4, -0.2) is 66.5 Å². The van der Waals surface area contributed by atoms with Crippen molar-refractivity contribution in [2.45, 2.75) is 226 Å². The van der Waals surface area contributed by atoms with Gasteiger partial charge in [0.25, 0.3) is 0 Å². The Morgan fingerprint density at radius 2 is 0.771 bits per heavy atom. The Labute approximate surface area is 425 Å². The van der Waals surface area contributed by atoms with E-state index < -0.39 is 57.8 Å². The summed E-state index contributed by atoms with van der Waals surface area (Å²) in [5.74, 6) is -1.59. The maximum atomic E-state index is 12.9. The highest BCUT2D eigenvalue weighted by Gasteiger charge is 2.28. The van der Waals surface area contributed by atoms with E-state index in [2.05, 4.69) is 106 Å². The lowest BCUT2D eigenvalue weighted by atomic mass is 10.1. The predicted molar refractivity (Wildman–Crippen MR) is 288 cm³/mol. The number of hydrogen-bond acceptors (Lipinski definition) is 10. The molecule has 0 aromatic rings. The molecule has 0 fully saturated rings. The molecule has 3 unspecified atom stereocenters. The number of aliphatic hydroxyl groups is 1. The summed E-state index contributed by atoms with van der Waals surface area (Å²) in [5, 5.41) is 9.77. The van der Waals surface area contributed by atoms with E-state index in [1.54, 1.807) is 0 Å². The molecule has 0 aromatic carbocycles. The van der Waals surface area contributed by atoms with Crippen LogP contribution in [-0.2, 0) is 42.2 Å². The smallest absolute Gasteiger partial charge is 0.462 e. The third kappa shape index (κ3) is 49.4. The van der Waals surface area contributed by atoms with Crippen LogP contribution in [0.3, 0.4) is 0 Å². The maximum Gasteiger partial charge on any atom is 0.472 e. The zero-order chi connectivity index (χ0) is 51.3. The summed E-state index contributed by atoms with van der Waals surface area (Å²) in [6.45, 7) is 4.29. The molecule has 0 amide bonds. The van der Waals surface area contributed by atoms with Gasteiger partial charge in [-0.25, -0.2) is 4.57 Å². The number of unbranched alkanes of at least 4 members (excludes halogenated alkanes) is 16. The molecular weight excluding hydrogens is 904 g/mol. The Morgan fingerprint density at radius 3 is 1.20 bits per heavy atom. The molecule has 0 aromatic heterocycles. The van der Waals surface area contributed by atoms with Gasteiger partial charge in [-0.3, -0.25) is 23.4 Å². The van der Waals surface area contributed by atoms with Crippen LogP contribution in [0, 0.1) is 0 Å². The third-order valence-electron chi connectivity index (χ3n) is 11.0. The van der Waals surface area contributed by atoms with Gasteiger partial charge in [-0.05, 0) is 83.5 Å². The van der Waals surface area contributed by atoms with E-state index in [0.29, 0.717) is 19.3 Å². The van der Waals surface area contributed by atoms with Crippen molar-refractivity contribution < 1.29 is 52.2 Å². The van der Waals surface area contributed by atoms with Crippen molar-refractivity contribution in [1.82, 2.24) is 0 Å². The molecule has 11 nitrogen and oxygen atoms in total. The number of hydrogen-bond donors (Lipinski definition) is 2. The molecule has 0 bridgehead atoms. The fourth-order valence-electron chi connectivity index (χ4n) is 6.95. The van der Waals surface area contributed by atoms with Crippen molar-refractivity contribution in [2.24, 2.45) is 0 Å². The second-order valence-corrected chi connectivity index (χ2v) is 19.1. The van der Waals surface area contributed by atoms with Crippen LogP contribution in [0.25, 0.3) is 0 Å². The number of rotatable bonds is 49. The Morgan fingerprint density at radius 1 is 0.414 bits per heavy atom. The number of allylic oxidation sites excluding steroid dienone is 16. The summed E-state index contributed by atoms with van der Waals surface area (Å²) < 4.78 is 39.3. The first-order chi connectivity index (χ1) is 34.2. The van der Waals surface area contributed by atoms with Crippen LogP contribution in [0.2, 0.25) is 0 Å². The fourth-order valence-corrected chi connectivity index (χ4v) is 7.73. The highest BCUT2D eigenvalue weighted by Crippen LogP contribution is 2.43. The maximum absolute atomic E-state index is 12.9. The Balaban J connectivity index is 4.83. The minimum atomic E-state index is -4.76. The molecule has 0 radical (unpaired) electrons. The summed E-state index contributed by atoms with van der Waals surface area (Å²) in [7, 11) is -4.76. The molecule has 2 N–H and O–H groups in total. The van der Waals surface area contributed by atoms with E-state index in [4.69, 9.17) is 23.3 Å². The molecule has 0 saturated heterocycles. The monoisotopic (exact) mass is 1000 g/mol. The molecule has 0 rings (SSSR count). The number of aliphatic hydroxyl groups excluding tert-OH is 1. The van der Waals surface area contributed by atoms with E-state index in [1.807, 2.05) is 12.2 Å². The lowest BCUT2D eigenvalue weighted by Gasteiger charge is -2.21. The summed E-state index contributed by atoms with van der Waals surface area (Å²) in [5.41, 5.74) is 0. The fraction of sp³-hybridized carbons (Fsp3) is 0.672. The minimum Gasteiger partial charge on any atom is -0.462 e. The van der Waals surface area contributed by atoms with Gasteiger partial charge in [0.15, 0.2) is 6.10 Å². The third-order valence-corrected chi connectivity index (χ3v) is 12.0. The molecular formula is C58H97O11P. The lowest BCUT2D eigenvalue weighted by Crippen LogP contribution is -2.30. The molecule has 0 spiro atoms. The molecule has 400 valence electrons. The van der Waals surface area contributed by atoms with E-state index in [1.165, 1.54) is 44.9 Å². The summed E-state index contributed by atoms with van der Waals surface area (Å²) >= 11 is 0. The van der Waals surface area contributed by atoms with Gasteiger partial charge in [-0.15, -0.1) is 0 Å². The molecule has 0 saturated carbocycles. The first-order valence-corrected chi connectivity index (χ1v) is 28.6. The van der Waals surface area contributed by atoms with Crippen molar-refractivity contribution in [3.05, 3.63) is 97.2 Å². The Kier molecular flexibility index (Phi) is 49.1. The van der Waals surface area contributed by atoms with E-state index in [9.17, 15) is 28.9 Å². The van der Waals surface area contributed by atoms with Crippen molar-refractivity contribution in [3.63, 3.8) is 0 Å². The van der Waals surface area contributed by atoms with Gasteiger partial charge in [-0.1, -0.05) is 208 Å². The molecule has 0 aliphatic rings. The van der Waals surface area contributed by atoms with Crippen molar-refractivity contribution in [3.8, 4) is 0 Å². The minimum absolute atomic E-state index is 0.0985. The average Bonchev–Trinajstić information content (AvgIpc) is 3.35. The average molecular weight is 1000 g/mol. The summed E-state index contributed by atoms with van der Waals surface area (Å²) in [6.07, 6.45) is 59.6. The zero-order valence-electron chi connectivity index (χ0n) is 43.9. The van der Waals surface area contributed by atoms with Crippen molar-refractivity contribution in [2.75, 3.05) is 26.4 Å². The van der Waals surface area contributed by atoms with E-state index in [-0.39, 0.29) is 25.9 Å². The molecule has 70 heavy (non-hydrogen) atoms. The topological polar surface area (TPSA) is 155 Å². The predicted octanol–water partition coefficient (Wildman–Crippen LogP) is 15.7. The summed E-state index contributed by atoms with van der Waals surface area (Å²) in [4.78, 5) is 48.3. The molecule has 12 heteroatoms. The van der Waals surface area contributed by atoms with Gasteiger partial charge in [-0.2, -0.15) is 0 Å². The van der Waals surface area contributed by atoms with Crippen LogP contribution >= 0.6 is 7.82 Å². The summed E-state index contributed by atoms with van der Waals surface area (Å²) in [6, 6.07) is 0. The first-order valence-electron chi connectivity index (χ1n) is 27.1. The highest BCUT2D eigenvalue weighted by molar-refractivity contribution is 7.47. The van der Waals surface area contributed by atoms with Crippen LogP contribution in [0.1, 0.15) is 213 Å². The standard InChI is InChI=1S/C58H97O11P/c1-4-7-10-13-16-19-22-24-25-26-27-28-29-31-34-37-40-43-46-49-58(62)69-55(51-65-56(60)47-44-41-38-35-33-30-23-20-17-14-11-8-5-2)53-67-70(63,64)66-52-54(50-59)68-57(61)48-45-42-39-36-32-21-18-15-12-9-6-3/h7-8,10-11,16-17,19-20,24-25,27-28,30,33,38,41,54-55,59H,4-6,9,12-15,18,21-23,26,29,31-32,34-37,39-40,42-53H2,1-3H3,(H,63,64)/b10-7-,11-8-,19-16-,20-17-,25-24-,28-27-,33-30-,41-38-. The SMILES string of the molecule is CC/C=C\C/C=C\C/C=C\C/C=C\CCCCCCCCC(=O)OC(COC(=O)CC/C=C\C/C=C\C/C=C\C/C=C\CC)COP(=O)(O)OCC(CO)OC(=O)CCCCCCCCCCCCC. The number of phosphoric ester groups is 1. The van der Waals surface area contributed by atoms with Gasteiger partial charge >= 0.3 is 25.7 Å². The van der Waals surface area contributed by atoms with Crippen molar-refractivity contribution in [1.29, 1.82) is 0 Å². The number of ether oxygens (including phenoxy) is 3. The first kappa shape index (κ1) is 66.4. The largest absolute Gasteiger partial charge is 0.472 e. The van der Waals surface area contributed by atoms with Gasteiger partial charge in [0.05, 0.1) is 19.8 Å². The Hall–Kier alpha value is -3.60. The number of esters is 3. The molecule has 0 heterocycles. The highest BCUT2D eigenvalue weighted by atomic mass is 31.2.